The van der Waals surface area contributed by atoms with Crippen molar-refractivity contribution in [3.05, 3.63) is 65.0 Å². The zero-order valence-corrected chi connectivity index (χ0v) is 16.2. The molecule has 3 aromatic rings. The fourth-order valence-electron chi connectivity index (χ4n) is 3.54. The van der Waals surface area contributed by atoms with Crippen molar-refractivity contribution < 1.29 is 0 Å². The van der Waals surface area contributed by atoms with Gasteiger partial charge in [-0.05, 0) is 49.7 Å². The minimum absolute atomic E-state index is 0.705. The summed E-state index contributed by atoms with van der Waals surface area (Å²) in [7, 11) is 0. The fraction of sp³-hybridized carbons (Fsp3) is 0.333. The molecule has 1 aliphatic rings. The van der Waals surface area contributed by atoms with Crippen LogP contribution in [0.25, 0.3) is 5.82 Å². The molecule has 142 valence electrons. The molecular weight excluding hydrogens is 350 g/mol. The second-order valence-electron chi connectivity index (χ2n) is 7.16. The van der Waals surface area contributed by atoms with Crippen LogP contribution >= 0.6 is 0 Å². The molecule has 4 rings (SSSR count). The molecule has 1 aromatic carbocycles. The normalized spacial score (nSPS) is 14.8. The van der Waals surface area contributed by atoms with Gasteiger partial charge in [0.05, 0.1) is 17.3 Å². The van der Waals surface area contributed by atoms with Gasteiger partial charge in [-0.25, -0.2) is 4.68 Å². The summed E-state index contributed by atoms with van der Waals surface area (Å²) in [5.41, 5.74) is 3.97. The summed E-state index contributed by atoms with van der Waals surface area (Å²) in [5.74, 6) is 1.65. The van der Waals surface area contributed by atoms with E-state index in [0.29, 0.717) is 5.56 Å². The number of hydrogen-bond acceptors (Lipinski definition) is 6. The number of aryl methyl sites for hydroxylation is 2. The molecule has 2 aromatic heterocycles. The van der Waals surface area contributed by atoms with Crippen molar-refractivity contribution in [2.24, 2.45) is 0 Å². The van der Waals surface area contributed by atoms with Gasteiger partial charge in [-0.2, -0.15) is 10.4 Å². The molecule has 0 spiro atoms. The highest BCUT2D eigenvalue weighted by Crippen LogP contribution is 2.16. The molecule has 1 saturated heterocycles. The second kappa shape index (κ2) is 7.79. The quantitative estimate of drug-likeness (QED) is 0.699. The molecule has 3 heterocycles. The van der Waals surface area contributed by atoms with E-state index in [9.17, 15) is 0 Å². The Morgan fingerprint density at radius 3 is 2.18 bits per heavy atom. The molecule has 7 heteroatoms. The van der Waals surface area contributed by atoms with Crippen molar-refractivity contribution in [1.82, 2.24) is 24.9 Å². The highest BCUT2D eigenvalue weighted by Gasteiger charge is 2.19. The van der Waals surface area contributed by atoms with Crippen LogP contribution in [0.4, 0.5) is 5.82 Å². The Morgan fingerprint density at radius 1 is 0.929 bits per heavy atom. The highest BCUT2D eigenvalue weighted by molar-refractivity contribution is 5.40. The average Bonchev–Trinajstić information content (AvgIpc) is 3.07. The molecule has 0 radical (unpaired) electrons. The molecule has 0 bridgehead atoms. The van der Waals surface area contributed by atoms with Crippen LogP contribution in [0.15, 0.2) is 42.5 Å². The Kier molecular flexibility index (Phi) is 5.04. The number of benzene rings is 1. The zero-order chi connectivity index (χ0) is 19.5. The third-order valence-electron chi connectivity index (χ3n) is 5.05. The van der Waals surface area contributed by atoms with Gasteiger partial charge in [0.15, 0.2) is 11.6 Å². The van der Waals surface area contributed by atoms with Gasteiger partial charge in [-0.15, -0.1) is 10.2 Å². The largest absolute Gasteiger partial charge is 0.353 e. The molecule has 1 aliphatic heterocycles. The standard InChI is InChI=1S/C21H23N7/c1-16-13-17(2)28(25-16)21-8-7-20(23-24-21)27-11-9-26(10-12-27)15-19-5-3-18(14-22)4-6-19/h3-8,13H,9-12,15H2,1-2H3. The lowest BCUT2D eigenvalue weighted by atomic mass is 10.1. The van der Waals surface area contributed by atoms with Crippen LogP contribution in [0.5, 0.6) is 0 Å². The first-order valence-corrected chi connectivity index (χ1v) is 9.46. The van der Waals surface area contributed by atoms with Gasteiger partial charge < -0.3 is 4.90 Å². The summed E-state index contributed by atoms with van der Waals surface area (Å²) in [6.45, 7) is 8.68. The number of anilines is 1. The Labute approximate surface area is 164 Å². The van der Waals surface area contributed by atoms with E-state index in [0.717, 1.165) is 55.7 Å². The van der Waals surface area contributed by atoms with Gasteiger partial charge in [0, 0.05) is 38.4 Å². The molecule has 1 fully saturated rings. The van der Waals surface area contributed by atoms with Crippen LogP contribution in [-0.4, -0.2) is 51.1 Å². The molecule has 0 aliphatic carbocycles. The molecular formula is C21H23N7. The van der Waals surface area contributed by atoms with E-state index in [1.807, 2.05) is 61.0 Å². The lowest BCUT2D eigenvalue weighted by Gasteiger charge is -2.35. The van der Waals surface area contributed by atoms with Crippen molar-refractivity contribution in [2.45, 2.75) is 20.4 Å². The number of hydrogen-bond donors (Lipinski definition) is 0. The van der Waals surface area contributed by atoms with Crippen LogP contribution in [0.1, 0.15) is 22.5 Å². The predicted octanol–water partition coefficient (Wildman–Crippen LogP) is 2.47. The van der Waals surface area contributed by atoms with Gasteiger partial charge in [0.1, 0.15) is 0 Å². The molecule has 0 unspecified atom stereocenters. The maximum absolute atomic E-state index is 8.90. The fourth-order valence-corrected chi connectivity index (χ4v) is 3.54. The molecule has 0 atom stereocenters. The summed E-state index contributed by atoms with van der Waals surface area (Å²) < 4.78 is 1.82. The number of aromatic nitrogens is 4. The molecule has 0 amide bonds. The maximum Gasteiger partial charge on any atom is 0.176 e. The van der Waals surface area contributed by atoms with E-state index in [2.05, 4.69) is 31.2 Å². The number of nitriles is 1. The van der Waals surface area contributed by atoms with E-state index < -0.39 is 0 Å². The maximum atomic E-state index is 8.90. The first-order valence-electron chi connectivity index (χ1n) is 9.46. The van der Waals surface area contributed by atoms with Gasteiger partial charge in [-0.1, -0.05) is 12.1 Å². The van der Waals surface area contributed by atoms with E-state index in [-0.39, 0.29) is 0 Å². The topological polar surface area (TPSA) is 73.9 Å². The first kappa shape index (κ1) is 18.1. The summed E-state index contributed by atoms with van der Waals surface area (Å²) in [4.78, 5) is 4.70. The lowest BCUT2D eigenvalue weighted by Crippen LogP contribution is -2.46. The smallest absolute Gasteiger partial charge is 0.176 e. The number of nitrogens with zero attached hydrogens (tertiary/aromatic N) is 7. The molecule has 7 nitrogen and oxygen atoms in total. The number of rotatable bonds is 4. The van der Waals surface area contributed by atoms with Crippen LogP contribution < -0.4 is 4.90 Å². The summed E-state index contributed by atoms with van der Waals surface area (Å²) >= 11 is 0. The first-order chi connectivity index (χ1) is 13.6. The summed E-state index contributed by atoms with van der Waals surface area (Å²) in [6.07, 6.45) is 0. The van der Waals surface area contributed by atoms with Crippen molar-refractivity contribution in [2.75, 3.05) is 31.1 Å². The third-order valence-corrected chi connectivity index (χ3v) is 5.05. The average molecular weight is 373 g/mol. The van der Waals surface area contributed by atoms with Gasteiger partial charge in [0.2, 0.25) is 0 Å². The highest BCUT2D eigenvalue weighted by atomic mass is 15.4. The molecule has 28 heavy (non-hydrogen) atoms. The molecule has 0 N–H and O–H groups in total. The zero-order valence-electron chi connectivity index (χ0n) is 16.2. The molecule has 0 saturated carbocycles. The Morgan fingerprint density at radius 2 is 1.61 bits per heavy atom. The minimum atomic E-state index is 0.705. The van der Waals surface area contributed by atoms with Crippen LogP contribution in [0, 0.1) is 25.2 Å². The SMILES string of the molecule is Cc1cc(C)n(-c2ccc(N3CCN(Cc4ccc(C#N)cc4)CC3)nn2)n1. The Bertz CT molecular complexity index is 975. The van der Waals surface area contributed by atoms with Gasteiger partial charge >= 0.3 is 0 Å². The van der Waals surface area contributed by atoms with E-state index >= 15 is 0 Å². The predicted molar refractivity (Wildman–Crippen MR) is 107 cm³/mol. The second-order valence-corrected chi connectivity index (χ2v) is 7.16. The van der Waals surface area contributed by atoms with Crippen LogP contribution in [0.3, 0.4) is 0 Å². The Balaban J connectivity index is 1.35. The van der Waals surface area contributed by atoms with Crippen LogP contribution in [0.2, 0.25) is 0 Å². The van der Waals surface area contributed by atoms with Crippen molar-refractivity contribution in [3.8, 4) is 11.9 Å². The van der Waals surface area contributed by atoms with Gasteiger partial charge in [-0.3, -0.25) is 4.90 Å². The van der Waals surface area contributed by atoms with Crippen LogP contribution in [-0.2, 0) is 6.54 Å². The van der Waals surface area contributed by atoms with E-state index in [1.54, 1.807) is 0 Å². The summed E-state index contributed by atoms with van der Waals surface area (Å²) in [6, 6.07) is 16.0. The van der Waals surface area contributed by atoms with E-state index in [4.69, 9.17) is 5.26 Å². The van der Waals surface area contributed by atoms with Gasteiger partial charge in [0.25, 0.3) is 0 Å². The van der Waals surface area contributed by atoms with Crippen molar-refractivity contribution in [3.63, 3.8) is 0 Å². The van der Waals surface area contributed by atoms with E-state index in [1.165, 1.54) is 5.56 Å². The lowest BCUT2D eigenvalue weighted by molar-refractivity contribution is 0.249. The monoisotopic (exact) mass is 373 g/mol. The summed E-state index contributed by atoms with van der Waals surface area (Å²) in [5, 5.41) is 22.2. The minimum Gasteiger partial charge on any atom is -0.353 e. The number of piperazine rings is 1. The van der Waals surface area contributed by atoms with Crippen molar-refractivity contribution in [1.29, 1.82) is 5.26 Å². The third kappa shape index (κ3) is 3.87. The Hall–Kier alpha value is -3.24. The van der Waals surface area contributed by atoms with Crippen molar-refractivity contribution >= 4 is 5.82 Å².